The van der Waals surface area contributed by atoms with Gasteiger partial charge in [-0.25, -0.2) is 0 Å². The Hall–Kier alpha value is -0.850. The first-order valence-electron chi connectivity index (χ1n) is 10.4. The zero-order valence-electron chi connectivity index (χ0n) is 16.4. The Balaban J connectivity index is 1.58. The van der Waals surface area contributed by atoms with Gasteiger partial charge in [-0.15, -0.1) is 0 Å². The molecule has 0 aromatic heterocycles. The van der Waals surface area contributed by atoms with Gasteiger partial charge in [0.25, 0.3) is 0 Å². The highest BCUT2D eigenvalue weighted by atomic mass is 16.5. The molecule has 2 fully saturated rings. The first-order chi connectivity index (χ1) is 12.3. The van der Waals surface area contributed by atoms with Gasteiger partial charge < -0.3 is 20.3 Å². The SMILES string of the molecule is CCNC(=NCCCN1CCOCC1)NCCC1CCN(CC)CC1. The number of nitrogens with one attached hydrogen (secondary N) is 2. The third-order valence-electron chi connectivity index (χ3n) is 5.35. The maximum Gasteiger partial charge on any atom is 0.191 e. The highest BCUT2D eigenvalue weighted by molar-refractivity contribution is 5.79. The summed E-state index contributed by atoms with van der Waals surface area (Å²) in [5, 5.41) is 6.90. The summed E-state index contributed by atoms with van der Waals surface area (Å²) in [7, 11) is 0. The zero-order chi connectivity index (χ0) is 17.7. The van der Waals surface area contributed by atoms with Gasteiger partial charge in [0.05, 0.1) is 13.2 Å². The summed E-state index contributed by atoms with van der Waals surface area (Å²) < 4.78 is 5.39. The lowest BCUT2D eigenvalue weighted by atomic mass is 9.93. The molecule has 0 atom stereocenters. The van der Waals surface area contributed by atoms with Gasteiger partial charge in [0.1, 0.15) is 0 Å². The Labute approximate surface area is 154 Å². The lowest BCUT2D eigenvalue weighted by Gasteiger charge is -2.31. The fourth-order valence-corrected chi connectivity index (χ4v) is 3.64. The van der Waals surface area contributed by atoms with Gasteiger partial charge in [-0.2, -0.15) is 0 Å². The number of hydrogen-bond acceptors (Lipinski definition) is 4. The molecule has 0 spiro atoms. The van der Waals surface area contributed by atoms with Crippen molar-refractivity contribution >= 4 is 5.96 Å². The molecule has 0 saturated carbocycles. The minimum atomic E-state index is 0.875. The summed E-state index contributed by atoms with van der Waals surface area (Å²) in [6.45, 7) is 16.0. The Bertz CT molecular complexity index is 363. The van der Waals surface area contributed by atoms with E-state index in [2.05, 4.69) is 34.3 Å². The van der Waals surface area contributed by atoms with Crippen LogP contribution in [-0.2, 0) is 4.74 Å². The van der Waals surface area contributed by atoms with Gasteiger partial charge in [-0.1, -0.05) is 6.92 Å². The molecule has 0 aromatic rings. The Morgan fingerprint density at radius 3 is 2.48 bits per heavy atom. The number of nitrogens with zero attached hydrogens (tertiary/aromatic N) is 3. The number of rotatable bonds is 9. The molecule has 2 saturated heterocycles. The van der Waals surface area contributed by atoms with Gasteiger partial charge in [-0.05, 0) is 58.2 Å². The topological polar surface area (TPSA) is 52.1 Å². The number of morpholine rings is 1. The fourth-order valence-electron chi connectivity index (χ4n) is 3.64. The minimum Gasteiger partial charge on any atom is -0.379 e. The molecule has 2 aliphatic heterocycles. The monoisotopic (exact) mass is 353 g/mol. The Morgan fingerprint density at radius 1 is 1.04 bits per heavy atom. The van der Waals surface area contributed by atoms with E-state index < -0.39 is 0 Å². The van der Waals surface area contributed by atoms with E-state index in [1.807, 2.05) is 0 Å². The first-order valence-corrected chi connectivity index (χ1v) is 10.4. The molecule has 0 aromatic carbocycles. The van der Waals surface area contributed by atoms with Crippen molar-refractivity contribution in [2.45, 2.75) is 39.5 Å². The maximum atomic E-state index is 5.39. The van der Waals surface area contributed by atoms with Gasteiger partial charge in [-0.3, -0.25) is 9.89 Å². The van der Waals surface area contributed by atoms with Crippen molar-refractivity contribution in [1.82, 2.24) is 20.4 Å². The molecule has 2 rings (SSSR count). The maximum absolute atomic E-state index is 5.39. The van der Waals surface area contributed by atoms with E-state index in [0.29, 0.717) is 0 Å². The van der Waals surface area contributed by atoms with E-state index in [4.69, 9.17) is 9.73 Å². The van der Waals surface area contributed by atoms with E-state index in [1.165, 1.54) is 38.9 Å². The van der Waals surface area contributed by atoms with Crippen LogP contribution in [0.5, 0.6) is 0 Å². The van der Waals surface area contributed by atoms with Gasteiger partial charge in [0.2, 0.25) is 0 Å². The van der Waals surface area contributed by atoms with Gasteiger partial charge in [0, 0.05) is 39.3 Å². The van der Waals surface area contributed by atoms with Crippen molar-refractivity contribution in [2.24, 2.45) is 10.9 Å². The van der Waals surface area contributed by atoms with Crippen LogP contribution in [0.3, 0.4) is 0 Å². The van der Waals surface area contributed by atoms with Crippen LogP contribution in [-0.4, -0.2) is 87.9 Å². The van der Waals surface area contributed by atoms with E-state index in [1.54, 1.807) is 0 Å². The summed E-state index contributed by atoms with van der Waals surface area (Å²) in [6.07, 6.45) is 5.08. The Kier molecular flexibility index (Phi) is 10.2. The molecule has 0 unspecified atom stereocenters. The van der Waals surface area contributed by atoms with Crippen LogP contribution in [0.15, 0.2) is 4.99 Å². The second kappa shape index (κ2) is 12.5. The standard InChI is InChI=1S/C19H39N5O/c1-3-20-19(21-9-5-11-24-14-16-25-17-15-24)22-10-6-18-7-12-23(4-2)13-8-18/h18H,3-17H2,1-2H3,(H2,20,21,22). The summed E-state index contributed by atoms with van der Waals surface area (Å²) in [6, 6.07) is 0. The molecular weight excluding hydrogens is 314 g/mol. The predicted molar refractivity (Wildman–Crippen MR) is 105 cm³/mol. The summed E-state index contributed by atoms with van der Waals surface area (Å²) in [5.41, 5.74) is 0. The smallest absolute Gasteiger partial charge is 0.191 e. The van der Waals surface area contributed by atoms with Crippen molar-refractivity contribution in [3.63, 3.8) is 0 Å². The van der Waals surface area contributed by atoms with Crippen LogP contribution in [0.25, 0.3) is 0 Å². The second-order valence-corrected chi connectivity index (χ2v) is 7.16. The number of ether oxygens (including phenoxy) is 1. The minimum absolute atomic E-state index is 0.875. The number of aliphatic imine (C=N–C) groups is 1. The molecule has 0 bridgehead atoms. The van der Waals surface area contributed by atoms with Crippen LogP contribution in [0.4, 0.5) is 0 Å². The van der Waals surface area contributed by atoms with Gasteiger partial charge in [0.15, 0.2) is 5.96 Å². The van der Waals surface area contributed by atoms with E-state index in [0.717, 1.165) is 70.8 Å². The van der Waals surface area contributed by atoms with Crippen LogP contribution in [0.1, 0.15) is 39.5 Å². The molecule has 6 heteroatoms. The predicted octanol–water partition coefficient (Wildman–Crippen LogP) is 1.39. The molecule has 25 heavy (non-hydrogen) atoms. The fraction of sp³-hybridized carbons (Fsp3) is 0.947. The number of piperidine rings is 1. The van der Waals surface area contributed by atoms with Crippen molar-refractivity contribution < 1.29 is 4.74 Å². The van der Waals surface area contributed by atoms with E-state index in [-0.39, 0.29) is 0 Å². The molecule has 0 aliphatic carbocycles. The van der Waals surface area contributed by atoms with Crippen LogP contribution >= 0.6 is 0 Å². The zero-order valence-corrected chi connectivity index (χ0v) is 16.4. The average Bonchev–Trinajstić information content (AvgIpc) is 2.66. The lowest BCUT2D eigenvalue weighted by molar-refractivity contribution is 0.0377. The average molecular weight is 354 g/mol. The quantitative estimate of drug-likeness (QED) is 0.373. The third-order valence-corrected chi connectivity index (χ3v) is 5.35. The summed E-state index contributed by atoms with van der Waals surface area (Å²) in [5.74, 6) is 1.86. The molecule has 146 valence electrons. The van der Waals surface area contributed by atoms with E-state index >= 15 is 0 Å². The highest BCUT2D eigenvalue weighted by Gasteiger charge is 2.17. The van der Waals surface area contributed by atoms with Crippen molar-refractivity contribution in [1.29, 1.82) is 0 Å². The molecule has 2 aliphatic rings. The molecule has 2 N–H and O–H groups in total. The van der Waals surface area contributed by atoms with Crippen LogP contribution in [0.2, 0.25) is 0 Å². The van der Waals surface area contributed by atoms with Crippen molar-refractivity contribution in [2.75, 3.05) is 72.1 Å². The number of likely N-dealkylation sites (tertiary alicyclic amines) is 1. The number of hydrogen-bond donors (Lipinski definition) is 2. The van der Waals surface area contributed by atoms with Crippen LogP contribution in [0, 0.1) is 5.92 Å². The van der Waals surface area contributed by atoms with Crippen LogP contribution < -0.4 is 10.6 Å². The number of guanidine groups is 1. The highest BCUT2D eigenvalue weighted by Crippen LogP contribution is 2.19. The van der Waals surface area contributed by atoms with Crippen molar-refractivity contribution in [3.8, 4) is 0 Å². The largest absolute Gasteiger partial charge is 0.379 e. The molecule has 0 amide bonds. The lowest BCUT2D eigenvalue weighted by Crippen LogP contribution is -2.40. The Morgan fingerprint density at radius 2 is 1.80 bits per heavy atom. The third kappa shape index (κ3) is 8.38. The van der Waals surface area contributed by atoms with E-state index in [9.17, 15) is 0 Å². The molecule has 0 radical (unpaired) electrons. The summed E-state index contributed by atoms with van der Waals surface area (Å²) >= 11 is 0. The van der Waals surface area contributed by atoms with Gasteiger partial charge >= 0.3 is 0 Å². The first kappa shape index (κ1) is 20.5. The van der Waals surface area contributed by atoms with Crippen molar-refractivity contribution in [3.05, 3.63) is 0 Å². The molecular formula is C19H39N5O. The normalized spacial score (nSPS) is 21.4. The molecule has 6 nitrogen and oxygen atoms in total. The second-order valence-electron chi connectivity index (χ2n) is 7.16. The summed E-state index contributed by atoms with van der Waals surface area (Å²) in [4.78, 5) is 9.77. The molecule has 2 heterocycles.